The lowest BCUT2D eigenvalue weighted by atomic mass is 9.98. The zero-order valence-corrected chi connectivity index (χ0v) is 27.4. The summed E-state index contributed by atoms with van der Waals surface area (Å²) in [6, 6.07) is 70.4. The normalized spacial score (nSPS) is 11.6. The summed E-state index contributed by atoms with van der Waals surface area (Å²) in [5, 5.41) is 5.02. The first-order valence-electron chi connectivity index (χ1n) is 17.2. The highest BCUT2D eigenvalue weighted by atomic mass is 15.0. The van der Waals surface area contributed by atoms with E-state index in [4.69, 9.17) is 0 Å². The van der Waals surface area contributed by atoms with Crippen LogP contribution in [0.25, 0.3) is 88.4 Å². The van der Waals surface area contributed by atoms with E-state index in [0.29, 0.717) is 0 Å². The van der Waals surface area contributed by atoms with Gasteiger partial charge in [0.05, 0.1) is 22.1 Å². The molecule has 0 fully saturated rings. The standard InChI is InChI=1S/C48H32N2/c1-4-13-33(14-5-1)35-23-27-39(28-24-35)50-46-31-36(34-15-6-2-7-16-34)25-29-41(46)42-30-26-37(32-47(42)50)40-20-12-22-45-48(40)43-19-10-11-21-44(43)49(45)38-17-8-3-9-18-38/h1-32H. The minimum atomic E-state index is 1.14. The third kappa shape index (κ3) is 4.50. The summed E-state index contributed by atoms with van der Waals surface area (Å²) in [7, 11) is 0. The second-order valence-corrected chi connectivity index (χ2v) is 13.0. The molecular weight excluding hydrogens is 605 g/mol. The summed E-state index contributed by atoms with van der Waals surface area (Å²) in [4.78, 5) is 0. The Morgan fingerprint density at radius 3 is 1.44 bits per heavy atom. The van der Waals surface area contributed by atoms with Crippen LogP contribution in [-0.4, -0.2) is 9.13 Å². The number of para-hydroxylation sites is 2. The van der Waals surface area contributed by atoms with Crippen molar-refractivity contribution in [1.82, 2.24) is 9.13 Å². The molecule has 0 saturated heterocycles. The molecule has 0 N–H and O–H groups in total. The first-order chi connectivity index (χ1) is 24.8. The van der Waals surface area contributed by atoms with Crippen molar-refractivity contribution in [2.24, 2.45) is 0 Å². The van der Waals surface area contributed by atoms with Gasteiger partial charge in [0.15, 0.2) is 0 Å². The number of aromatic nitrogens is 2. The molecule has 0 aliphatic carbocycles. The largest absolute Gasteiger partial charge is 0.309 e. The van der Waals surface area contributed by atoms with E-state index in [9.17, 15) is 0 Å². The van der Waals surface area contributed by atoms with E-state index in [1.165, 1.54) is 82.7 Å². The minimum absolute atomic E-state index is 1.14. The van der Waals surface area contributed by atoms with Gasteiger partial charge < -0.3 is 9.13 Å². The Kier molecular flexibility index (Phi) is 6.53. The van der Waals surface area contributed by atoms with Gasteiger partial charge in [0.25, 0.3) is 0 Å². The molecule has 8 aromatic carbocycles. The van der Waals surface area contributed by atoms with Crippen molar-refractivity contribution in [3.63, 3.8) is 0 Å². The van der Waals surface area contributed by atoms with Crippen molar-refractivity contribution in [1.29, 1.82) is 0 Å². The van der Waals surface area contributed by atoms with Crippen molar-refractivity contribution in [3.05, 3.63) is 194 Å². The van der Waals surface area contributed by atoms with E-state index in [2.05, 4.69) is 203 Å². The predicted octanol–water partition coefficient (Wildman–Crippen LogP) is 12.9. The van der Waals surface area contributed by atoms with Crippen LogP contribution < -0.4 is 0 Å². The summed E-state index contributed by atoms with van der Waals surface area (Å²) in [6.45, 7) is 0. The minimum Gasteiger partial charge on any atom is -0.309 e. The van der Waals surface area contributed by atoms with E-state index in [0.717, 1.165) is 5.69 Å². The molecule has 234 valence electrons. The van der Waals surface area contributed by atoms with Gasteiger partial charge in [0.2, 0.25) is 0 Å². The third-order valence-corrected chi connectivity index (χ3v) is 10.1. The number of fused-ring (bicyclic) bond motifs is 6. The Hall–Kier alpha value is -6.64. The predicted molar refractivity (Wildman–Crippen MR) is 211 cm³/mol. The van der Waals surface area contributed by atoms with Gasteiger partial charge in [-0.1, -0.05) is 146 Å². The molecule has 2 heteroatoms. The molecule has 0 atom stereocenters. The van der Waals surface area contributed by atoms with Crippen molar-refractivity contribution in [2.75, 3.05) is 0 Å². The highest BCUT2D eigenvalue weighted by Gasteiger charge is 2.19. The fourth-order valence-corrected chi connectivity index (χ4v) is 7.82. The fraction of sp³-hybridized carbons (Fsp3) is 0. The smallest absolute Gasteiger partial charge is 0.0547 e. The molecule has 0 saturated carbocycles. The van der Waals surface area contributed by atoms with Crippen LogP contribution in [0.4, 0.5) is 0 Å². The van der Waals surface area contributed by atoms with Crippen LogP contribution in [0.5, 0.6) is 0 Å². The summed E-state index contributed by atoms with van der Waals surface area (Å²) < 4.78 is 4.84. The Labute approximate surface area is 290 Å². The average Bonchev–Trinajstić information content (AvgIpc) is 3.71. The van der Waals surface area contributed by atoms with Crippen molar-refractivity contribution in [3.8, 4) is 44.8 Å². The van der Waals surface area contributed by atoms with Crippen molar-refractivity contribution in [2.45, 2.75) is 0 Å². The van der Waals surface area contributed by atoms with Gasteiger partial charge in [0, 0.05) is 32.9 Å². The van der Waals surface area contributed by atoms with Crippen molar-refractivity contribution >= 4 is 43.6 Å². The molecule has 0 bridgehead atoms. The van der Waals surface area contributed by atoms with Gasteiger partial charge in [-0.2, -0.15) is 0 Å². The van der Waals surface area contributed by atoms with E-state index in [1.807, 2.05) is 0 Å². The second-order valence-electron chi connectivity index (χ2n) is 13.0. The van der Waals surface area contributed by atoms with Gasteiger partial charge >= 0.3 is 0 Å². The van der Waals surface area contributed by atoms with Gasteiger partial charge in [-0.05, 0) is 81.9 Å². The lowest BCUT2D eigenvalue weighted by molar-refractivity contribution is 1.18. The molecule has 0 aliphatic rings. The maximum atomic E-state index is 2.45. The Morgan fingerprint density at radius 1 is 0.260 bits per heavy atom. The fourth-order valence-electron chi connectivity index (χ4n) is 7.82. The summed E-state index contributed by atoms with van der Waals surface area (Å²) in [5.74, 6) is 0. The molecule has 10 rings (SSSR count). The highest BCUT2D eigenvalue weighted by molar-refractivity contribution is 6.17. The van der Waals surface area contributed by atoms with E-state index in [-0.39, 0.29) is 0 Å². The lowest BCUT2D eigenvalue weighted by Gasteiger charge is -2.12. The zero-order chi connectivity index (χ0) is 33.0. The molecule has 2 heterocycles. The molecule has 2 aromatic heterocycles. The summed E-state index contributed by atoms with van der Waals surface area (Å²) in [6.07, 6.45) is 0. The SMILES string of the molecule is c1ccc(-c2ccc(-n3c4cc(-c5ccccc5)ccc4c4ccc(-c5cccc6c5c5ccccc5n6-c5ccccc5)cc43)cc2)cc1. The Balaban J connectivity index is 1.23. The van der Waals surface area contributed by atoms with Crippen LogP contribution in [-0.2, 0) is 0 Å². The second kappa shape index (κ2) is 11.5. The molecule has 50 heavy (non-hydrogen) atoms. The highest BCUT2D eigenvalue weighted by Crippen LogP contribution is 2.41. The van der Waals surface area contributed by atoms with Gasteiger partial charge in [-0.3, -0.25) is 0 Å². The Morgan fingerprint density at radius 2 is 0.740 bits per heavy atom. The Bertz CT molecular complexity index is 2820. The van der Waals surface area contributed by atoms with E-state index in [1.54, 1.807) is 0 Å². The number of hydrogen-bond acceptors (Lipinski definition) is 0. The monoisotopic (exact) mass is 636 g/mol. The van der Waals surface area contributed by atoms with Crippen LogP contribution in [0.1, 0.15) is 0 Å². The zero-order valence-electron chi connectivity index (χ0n) is 27.4. The van der Waals surface area contributed by atoms with E-state index < -0.39 is 0 Å². The van der Waals surface area contributed by atoms with Gasteiger partial charge in [0.1, 0.15) is 0 Å². The van der Waals surface area contributed by atoms with Crippen LogP contribution in [0.2, 0.25) is 0 Å². The van der Waals surface area contributed by atoms with Crippen molar-refractivity contribution < 1.29 is 0 Å². The maximum Gasteiger partial charge on any atom is 0.0547 e. The van der Waals surface area contributed by atoms with Crippen LogP contribution in [0.15, 0.2) is 194 Å². The maximum absolute atomic E-state index is 2.45. The summed E-state index contributed by atoms with van der Waals surface area (Å²) >= 11 is 0. The molecule has 0 radical (unpaired) electrons. The average molecular weight is 637 g/mol. The van der Waals surface area contributed by atoms with Crippen LogP contribution >= 0.6 is 0 Å². The first kappa shape index (κ1) is 28.4. The number of nitrogens with zero attached hydrogens (tertiary/aromatic N) is 2. The molecule has 10 aromatic rings. The molecule has 2 nitrogen and oxygen atoms in total. The quantitative estimate of drug-likeness (QED) is 0.178. The van der Waals surface area contributed by atoms with E-state index >= 15 is 0 Å². The molecule has 0 unspecified atom stereocenters. The van der Waals surface area contributed by atoms with Gasteiger partial charge in [-0.15, -0.1) is 0 Å². The van der Waals surface area contributed by atoms with Gasteiger partial charge in [-0.25, -0.2) is 0 Å². The van der Waals surface area contributed by atoms with Crippen LogP contribution in [0.3, 0.4) is 0 Å². The molecule has 0 spiro atoms. The molecule has 0 amide bonds. The first-order valence-corrected chi connectivity index (χ1v) is 17.2. The lowest BCUT2D eigenvalue weighted by Crippen LogP contribution is -1.95. The van der Waals surface area contributed by atoms with Crippen LogP contribution in [0, 0.1) is 0 Å². The molecule has 0 aliphatic heterocycles. The molecular formula is C48H32N2. The number of rotatable bonds is 5. The number of hydrogen-bond donors (Lipinski definition) is 0. The topological polar surface area (TPSA) is 9.86 Å². The summed E-state index contributed by atoms with van der Waals surface area (Å²) in [5.41, 5.74) is 14.4. The number of benzene rings is 8. The third-order valence-electron chi connectivity index (χ3n) is 10.1.